The Morgan fingerprint density at radius 3 is 2.67 bits per heavy atom. The van der Waals surface area contributed by atoms with E-state index >= 15 is 0 Å². The second-order valence-electron chi connectivity index (χ2n) is 5.66. The molecule has 21 heavy (non-hydrogen) atoms. The number of nitrogens with zero attached hydrogens (tertiary/aromatic N) is 2. The molecule has 2 aliphatic rings. The highest BCUT2D eigenvalue weighted by Gasteiger charge is 2.37. The van der Waals surface area contributed by atoms with Gasteiger partial charge in [-0.15, -0.1) is 0 Å². The molecule has 1 saturated carbocycles. The van der Waals surface area contributed by atoms with E-state index in [4.69, 9.17) is 0 Å². The number of anilines is 1. The van der Waals surface area contributed by atoms with E-state index in [1.807, 2.05) is 0 Å². The third-order valence-electron chi connectivity index (χ3n) is 4.10. The quantitative estimate of drug-likeness (QED) is 0.670. The van der Waals surface area contributed by atoms with Crippen LogP contribution < -0.4 is 10.2 Å². The molecule has 1 saturated heterocycles. The Labute approximate surface area is 121 Å². The van der Waals surface area contributed by atoms with Gasteiger partial charge >= 0.3 is 0 Å². The zero-order chi connectivity index (χ0) is 15.0. The molecule has 1 aliphatic heterocycles. The van der Waals surface area contributed by atoms with Crippen molar-refractivity contribution in [3.8, 4) is 0 Å². The van der Waals surface area contributed by atoms with Crippen molar-refractivity contribution in [3.63, 3.8) is 0 Å². The summed E-state index contributed by atoms with van der Waals surface area (Å²) in [5, 5.41) is 14.4. The summed E-state index contributed by atoms with van der Waals surface area (Å²) in [6.07, 6.45) is 3.71. The van der Waals surface area contributed by atoms with Gasteiger partial charge in [0.05, 0.1) is 4.92 Å². The summed E-state index contributed by atoms with van der Waals surface area (Å²) >= 11 is 0. The first-order chi connectivity index (χ1) is 10.1. The minimum atomic E-state index is -1.12. The second-order valence-corrected chi connectivity index (χ2v) is 5.66. The van der Waals surface area contributed by atoms with Crippen molar-refractivity contribution >= 4 is 11.4 Å². The summed E-state index contributed by atoms with van der Waals surface area (Å²) in [6, 6.07) is 2.11. The second kappa shape index (κ2) is 5.55. The lowest BCUT2D eigenvalue weighted by molar-refractivity contribution is -0.384. The SMILES string of the molecule is O=[N+]([O-])c1ccc(F)c(F)c1N(CC1CCCN1)C1CC1. The monoisotopic (exact) mass is 297 g/mol. The molecule has 0 bridgehead atoms. The van der Waals surface area contributed by atoms with Crippen molar-refractivity contribution in [2.45, 2.75) is 37.8 Å². The van der Waals surface area contributed by atoms with Crippen molar-refractivity contribution in [1.82, 2.24) is 5.32 Å². The number of halogens is 2. The lowest BCUT2D eigenvalue weighted by Crippen LogP contribution is -2.39. The van der Waals surface area contributed by atoms with Gasteiger partial charge in [0.2, 0.25) is 0 Å². The smallest absolute Gasteiger partial charge is 0.295 e. The van der Waals surface area contributed by atoms with Crippen LogP contribution in [0.2, 0.25) is 0 Å². The number of rotatable bonds is 5. The van der Waals surface area contributed by atoms with E-state index in [1.165, 1.54) is 0 Å². The van der Waals surface area contributed by atoms with Gasteiger partial charge in [-0.3, -0.25) is 10.1 Å². The Balaban J connectivity index is 1.97. The molecule has 1 aliphatic carbocycles. The normalized spacial score (nSPS) is 21.5. The van der Waals surface area contributed by atoms with Crippen LogP contribution in [0.3, 0.4) is 0 Å². The third kappa shape index (κ3) is 2.83. The summed E-state index contributed by atoms with van der Waals surface area (Å²) in [5.74, 6) is -2.16. The van der Waals surface area contributed by atoms with E-state index in [9.17, 15) is 18.9 Å². The Hall–Kier alpha value is -1.76. The van der Waals surface area contributed by atoms with Gasteiger partial charge in [-0.2, -0.15) is 0 Å². The van der Waals surface area contributed by atoms with E-state index in [2.05, 4.69) is 5.32 Å². The molecule has 1 aromatic carbocycles. The van der Waals surface area contributed by atoms with Gasteiger partial charge in [-0.05, 0) is 38.3 Å². The highest BCUT2D eigenvalue weighted by atomic mass is 19.2. The zero-order valence-corrected chi connectivity index (χ0v) is 11.5. The maximum atomic E-state index is 14.2. The van der Waals surface area contributed by atoms with Gasteiger partial charge in [-0.1, -0.05) is 0 Å². The molecule has 1 aromatic rings. The predicted octanol–water partition coefficient (Wildman–Crippen LogP) is 2.59. The first kappa shape index (κ1) is 14.2. The molecule has 2 fully saturated rings. The van der Waals surface area contributed by atoms with E-state index in [1.54, 1.807) is 4.90 Å². The molecule has 3 rings (SSSR count). The lowest BCUT2D eigenvalue weighted by Gasteiger charge is -2.28. The molecular weight excluding hydrogens is 280 g/mol. The van der Waals surface area contributed by atoms with Crippen LogP contribution in [-0.2, 0) is 0 Å². The van der Waals surface area contributed by atoms with Crippen molar-refractivity contribution in [2.75, 3.05) is 18.0 Å². The van der Waals surface area contributed by atoms with Crippen molar-refractivity contribution < 1.29 is 13.7 Å². The Bertz CT molecular complexity index is 557. The van der Waals surface area contributed by atoms with Crippen molar-refractivity contribution in [3.05, 3.63) is 33.9 Å². The molecule has 5 nitrogen and oxygen atoms in total. The fourth-order valence-electron chi connectivity index (χ4n) is 2.91. The Morgan fingerprint density at radius 2 is 2.10 bits per heavy atom. The summed E-state index contributed by atoms with van der Waals surface area (Å²) in [6.45, 7) is 1.38. The summed E-state index contributed by atoms with van der Waals surface area (Å²) in [4.78, 5) is 12.2. The van der Waals surface area contributed by atoms with E-state index in [0.29, 0.717) is 6.54 Å². The molecule has 1 atom stereocenters. The molecule has 114 valence electrons. The van der Waals surface area contributed by atoms with Crippen LogP contribution in [0.4, 0.5) is 20.2 Å². The number of hydrogen-bond acceptors (Lipinski definition) is 4. The van der Waals surface area contributed by atoms with Crippen LogP contribution in [-0.4, -0.2) is 30.1 Å². The van der Waals surface area contributed by atoms with Crippen LogP contribution in [0.25, 0.3) is 0 Å². The van der Waals surface area contributed by atoms with Gasteiger partial charge < -0.3 is 10.2 Å². The lowest BCUT2D eigenvalue weighted by atomic mass is 10.1. The zero-order valence-electron chi connectivity index (χ0n) is 11.5. The summed E-state index contributed by atoms with van der Waals surface area (Å²) < 4.78 is 27.7. The molecule has 0 amide bonds. The Morgan fingerprint density at radius 1 is 1.33 bits per heavy atom. The van der Waals surface area contributed by atoms with Gasteiger partial charge in [0.25, 0.3) is 5.69 Å². The number of hydrogen-bond donors (Lipinski definition) is 1. The average Bonchev–Trinajstić information content (AvgIpc) is 3.16. The fourth-order valence-corrected chi connectivity index (χ4v) is 2.91. The first-order valence-corrected chi connectivity index (χ1v) is 7.20. The van der Waals surface area contributed by atoms with Crippen molar-refractivity contribution in [1.29, 1.82) is 0 Å². The van der Waals surface area contributed by atoms with Crippen LogP contribution in [0.1, 0.15) is 25.7 Å². The van der Waals surface area contributed by atoms with Crippen LogP contribution in [0, 0.1) is 21.7 Å². The third-order valence-corrected chi connectivity index (χ3v) is 4.10. The standard InChI is InChI=1S/C14H17F2N3O2/c15-11-5-6-12(19(20)21)14(13(11)16)18(10-3-4-10)8-9-2-1-7-17-9/h5-6,9-10,17H,1-4,7-8H2. The highest BCUT2D eigenvalue weighted by Crippen LogP contribution is 2.39. The minimum absolute atomic E-state index is 0.0717. The fraction of sp³-hybridized carbons (Fsp3) is 0.571. The minimum Gasteiger partial charge on any atom is -0.359 e. The number of nitro groups is 1. The number of benzene rings is 1. The maximum absolute atomic E-state index is 14.2. The molecule has 7 heteroatoms. The molecular formula is C14H17F2N3O2. The average molecular weight is 297 g/mol. The summed E-state index contributed by atoms with van der Waals surface area (Å²) in [7, 11) is 0. The summed E-state index contributed by atoms with van der Waals surface area (Å²) in [5.41, 5.74) is -0.560. The van der Waals surface area contributed by atoms with E-state index < -0.39 is 16.6 Å². The first-order valence-electron chi connectivity index (χ1n) is 7.20. The van der Waals surface area contributed by atoms with Crippen LogP contribution in [0.15, 0.2) is 12.1 Å². The number of nitrogens with one attached hydrogen (secondary N) is 1. The molecule has 0 aromatic heterocycles. The molecule has 1 N–H and O–H groups in total. The van der Waals surface area contributed by atoms with Crippen LogP contribution >= 0.6 is 0 Å². The topological polar surface area (TPSA) is 58.4 Å². The van der Waals surface area contributed by atoms with E-state index in [0.717, 1.165) is 44.4 Å². The Kier molecular flexibility index (Phi) is 3.75. The van der Waals surface area contributed by atoms with Crippen LogP contribution in [0.5, 0.6) is 0 Å². The van der Waals surface area contributed by atoms with Gasteiger partial charge in [0.1, 0.15) is 0 Å². The molecule has 1 unspecified atom stereocenters. The predicted molar refractivity (Wildman–Crippen MR) is 74.4 cm³/mol. The number of nitro benzene ring substituents is 1. The van der Waals surface area contributed by atoms with Gasteiger partial charge in [0.15, 0.2) is 17.3 Å². The largest absolute Gasteiger partial charge is 0.359 e. The molecule has 1 heterocycles. The van der Waals surface area contributed by atoms with Gasteiger partial charge in [-0.25, -0.2) is 8.78 Å². The maximum Gasteiger partial charge on any atom is 0.295 e. The van der Waals surface area contributed by atoms with Gasteiger partial charge in [0, 0.05) is 24.7 Å². The van der Waals surface area contributed by atoms with E-state index in [-0.39, 0.29) is 23.5 Å². The molecule has 0 spiro atoms. The highest BCUT2D eigenvalue weighted by molar-refractivity contribution is 5.65. The molecule has 0 radical (unpaired) electrons. The van der Waals surface area contributed by atoms with Crippen molar-refractivity contribution in [2.24, 2.45) is 0 Å².